The molecule has 29 heavy (non-hydrogen) atoms. The summed E-state index contributed by atoms with van der Waals surface area (Å²) in [4.78, 5) is 34.8. The highest BCUT2D eigenvalue weighted by molar-refractivity contribution is 5.86. The van der Waals surface area contributed by atoms with Crippen molar-refractivity contribution in [3.8, 4) is 0 Å². The second kappa shape index (κ2) is 7.38. The van der Waals surface area contributed by atoms with E-state index in [9.17, 15) is 14.7 Å². The number of likely N-dealkylation sites (N-methyl/N-ethyl adjacent to an activating group) is 1. The Labute approximate surface area is 173 Å². The van der Waals surface area contributed by atoms with E-state index in [0.717, 1.165) is 37.8 Å². The molecule has 6 nitrogen and oxygen atoms in total. The molecule has 1 aromatic rings. The van der Waals surface area contributed by atoms with Crippen LogP contribution in [0.5, 0.6) is 0 Å². The van der Waals surface area contributed by atoms with Gasteiger partial charge in [-0.05, 0) is 69.5 Å². The Hall–Kier alpha value is -1.95. The zero-order valence-corrected chi connectivity index (χ0v) is 17.8. The van der Waals surface area contributed by atoms with E-state index in [1.54, 1.807) is 12.4 Å². The van der Waals surface area contributed by atoms with Crippen molar-refractivity contribution in [2.75, 3.05) is 13.6 Å². The van der Waals surface area contributed by atoms with Crippen LogP contribution in [0.15, 0.2) is 24.5 Å². The summed E-state index contributed by atoms with van der Waals surface area (Å²) in [5, 5.41) is 10.3. The van der Waals surface area contributed by atoms with Crippen LogP contribution >= 0.6 is 0 Å². The summed E-state index contributed by atoms with van der Waals surface area (Å²) in [5.41, 5.74) is -0.0383. The molecule has 1 aromatic heterocycles. The number of hydrogen-bond donors (Lipinski definition) is 1. The lowest BCUT2D eigenvalue weighted by atomic mass is 9.82. The second-order valence-corrected chi connectivity index (χ2v) is 9.76. The molecule has 1 amide bonds. The molecule has 2 aliphatic heterocycles. The fourth-order valence-electron chi connectivity index (χ4n) is 5.92. The van der Waals surface area contributed by atoms with Crippen LogP contribution in [-0.4, -0.2) is 56.4 Å². The van der Waals surface area contributed by atoms with E-state index < -0.39 is 11.5 Å². The first-order valence-electron chi connectivity index (χ1n) is 11.0. The Morgan fingerprint density at radius 1 is 1.28 bits per heavy atom. The summed E-state index contributed by atoms with van der Waals surface area (Å²) >= 11 is 0. The highest BCUT2D eigenvalue weighted by atomic mass is 16.4. The van der Waals surface area contributed by atoms with Crippen molar-refractivity contribution < 1.29 is 14.7 Å². The van der Waals surface area contributed by atoms with E-state index >= 15 is 0 Å². The lowest BCUT2D eigenvalue weighted by Crippen LogP contribution is -2.50. The molecule has 0 unspecified atom stereocenters. The number of aromatic nitrogens is 1. The smallest absolute Gasteiger partial charge is 0.324 e. The average molecular weight is 400 g/mol. The highest BCUT2D eigenvalue weighted by Gasteiger charge is 2.60. The molecule has 3 fully saturated rings. The van der Waals surface area contributed by atoms with Gasteiger partial charge in [0.25, 0.3) is 0 Å². The van der Waals surface area contributed by atoms with Gasteiger partial charge in [0, 0.05) is 30.5 Å². The molecule has 0 aromatic carbocycles. The minimum atomic E-state index is -1.03. The molecule has 3 aliphatic rings. The summed E-state index contributed by atoms with van der Waals surface area (Å²) in [7, 11) is 1.88. The molecule has 3 heterocycles. The van der Waals surface area contributed by atoms with E-state index in [0.29, 0.717) is 12.8 Å². The van der Waals surface area contributed by atoms with Crippen LogP contribution < -0.4 is 0 Å². The van der Waals surface area contributed by atoms with Crippen LogP contribution in [0, 0.1) is 11.8 Å². The van der Waals surface area contributed by atoms with Crippen LogP contribution in [0.1, 0.15) is 70.4 Å². The van der Waals surface area contributed by atoms with E-state index in [-0.39, 0.29) is 29.3 Å². The summed E-state index contributed by atoms with van der Waals surface area (Å²) in [5.74, 6) is -0.802. The molecule has 1 spiro atoms. The SMILES string of the molecule is CC(C)C[C@@]1(C(=O)O)C[C@H](C(=O)N2CCCCC23CC3)[C@H](c2cccnc2)N1C. The molecule has 1 aliphatic carbocycles. The first kappa shape index (κ1) is 20.3. The van der Waals surface area contributed by atoms with Gasteiger partial charge in [0.1, 0.15) is 5.54 Å². The summed E-state index contributed by atoms with van der Waals surface area (Å²) in [6.45, 7) is 4.91. The number of aliphatic carboxylic acids is 1. The number of hydrogen-bond acceptors (Lipinski definition) is 4. The van der Waals surface area contributed by atoms with Gasteiger partial charge in [0.2, 0.25) is 5.91 Å². The topological polar surface area (TPSA) is 73.7 Å². The lowest BCUT2D eigenvalue weighted by molar-refractivity contribution is -0.151. The van der Waals surface area contributed by atoms with Gasteiger partial charge in [-0.2, -0.15) is 0 Å². The summed E-state index contributed by atoms with van der Waals surface area (Å²) in [6.07, 6.45) is 9.91. The van der Waals surface area contributed by atoms with Crippen molar-refractivity contribution in [3.63, 3.8) is 0 Å². The number of carboxylic acid groups (broad SMARTS) is 1. The maximum absolute atomic E-state index is 13.9. The molecular weight excluding hydrogens is 366 g/mol. The molecule has 158 valence electrons. The van der Waals surface area contributed by atoms with Gasteiger partial charge < -0.3 is 10.0 Å². The number of likely N-dealkylation sites (tertiary alicyclic amines) is 2. The lowest BCUT2D eigenvalue weighted by Gasteiger charge is -2.39. The van der Waals surface area contributed by atoms with Crippen LogP contribution in [0.3, 0.4) is 0 Å². The van der Waals surface area contributed by atoms with Gasteiger partial charge in [0.05, 0.1) is 5.92 Å². The Morgan fingerprint density at radius 3 is 2.62 bits per heavy atom. The number of nitrogens with zero attached hydrogens (tertiary/aromatic N) is 3. The maximum atomic E-state index is 13.9. The van der Waals surface area contributed by atoms with Gasteiger partial charge in [-0.15, -0.1) is 0 Å². The number of carbonyl (C=O) groups is 2. The number of piperidine rings is 1. The maximum Gasteiger partial charge on any atom is 0.324 e. The average Bonchev–Trinajstić information content (AvgIpc) is 3.39. The third kappa shape index (κ3) is 3.35. The number of carbonyl (C=O) groups excluding carboxylic acids is 1. The third-order valence-corrected chi connectivity index (χ3v) is 7.46. The van der Waals surface area contributed by atoms with Gasteiger partial charge in [-0.25, -0.2) is 0 Å². The Bertz CT molecular complexity index is 777. The molecule has 3 atom stereocenters. The third-order valence-electron chi connectivity index (χ3n) is 7.46. The Morgan fingerprint density at radius 2 is 2.03 bits per heavy atom. The number of pyridine rings is 1. The molecular formula is C23H33N3O3. The summed E-state index contributed by atoms with van der Waals surface area (Å²) < 4.78 is 0. The van der Waals surface area contributed by atoms with Gasteiger partial charge in [-0.3, -0.25) is 19.5 Å². The number of carboxylic acids is 1. The van der Waals surface area contributed by atoms with Crippen molar-refractivity contribution in [3.05, 3.63) is 30.1 Å². The predicted octanol–water partition coefficient (Wildman–Crippen LogP) is 3.49. The highest BCUT2D eigenvalue weighted by Crippen LogP contribution is 2.53. The Balaban J connectivity index is 1.73. The van der Waals surface area contributed by atoms with Gasteiger partial charge in [-0.1, -0.05) is 19.9 Å². The molecule has 1 N–H and O–H groups in total. The normalized spacial score (nSPS) is 31.4. The van der Waals surface area contributed by atoms with Crippen molar-refractivity contribution in [2.24, 2.45) is 11.8 Å². The Kier molecular flexibility index (Phi) is 5.18. The molecule has 0 bridgehead atoms. The van der Waals surface area contributed by atoms with Crippen molar-refractivity contribution in [2.45, 2.75) is 75.9 Å². The predicted molar refractivity (Wildman–Crippen MR) is 110 cm³/mol. The minimum absolute atomic E-state index is 0.0555. The van der Waals surface area contributed by atoms with E-state index in [1.165, 1.54) is 6.42 Å². The minimum Gasteiger partial charge on any atom is -0.480 e. The summed E-state index contributed by atoms with van der Waals surface area (Å²) in [6, 6.07) is 3.59. The molecule has 6 heteroatoms. The molecule has 4 rings (SSSR count). The van der Waals surface area contributed by atoms with Gasteiger partial charge >= 0.3 is 5.97 Å². The van der Waals surface area contributed by atoms with Crippen LogP contribution in [0.25, 0.3) is 0 Å². The zero-order chi connectivity index (χ0) is 20.8. The second-order valence-electron chi connectivity index (χ2n) is 9.76. The van der Waals surface area contributed by atoms with Crippen LogP contribution in [0.2, 0.25) is 0 Å². The standard InChI is InChI=1S/C23H33N3O3/c1-16(2)13-23(21(28)29)14-18(19(25(23)3)17-7-6-11-24-15-17)20(27)26-12-5-4-8-22(26)9-10-22/h6-7,11,15-16,18-19H,4-5,8-10,12-14H2,1-3H3,(H,28,29)/t18-,19-,23-/m0/s1. The monoisotopic (exact) mass is 399 g/mol. The largest absolute Gasteiger partial charge is 0.480 e. The zero-order valence-electron chi connectivity index (χ0n) is 17.8. The quantitative estimate of drug-likeness (QED) is 0.820. The molecule has 0 radical (unpaired) electrons. The van der Waals surface area contributed by atoms with E-state index in [1.807, 2.05) is 24.1 Å². The van der Waals surface area contributed by atoms with Crippen LogP contribution in [-0.2, 0) is 9.59 Å². The van der Waals surface area contributed by atoms with E-state index in [4.69, 9.17) is 0 Å². The van der Waals surface area contributed by atoms with Crippen molar-refractivity contribution in [1.82, 2.24) is 14.8 Å². The van der Waals surface area contributed by atoms with Crippen molar-refractivity contribution in [1.29, 1.82) is 0 Å². The van der Waals surface area contributed by atoms with Crippen molar-refractivity contribution >= 4 is 11.9 Å². The fourth-order valence-corrected chi connectivity index (χ4v) is 5.92. The number of rotatable bonds is 5. The number of amides is 1. The first-order chi connectivity index (χ1) is 13.8. The van der Waals surface area contributed by atoms with Gasteiger partial charge in [0.15, 0.2) is 0 Å². The van der Waals surface area contributed by atoms with E-state index in [2.05, 4.69) is 23.7 Å². The fraction of sp³-hybridized carbons (Fsp3) is 0.696. The molecule has 2 saturated heterocycles. The molecule has 1 saturated carbocycles. The van der Waals surface area contributed by atoms with Crippen LogP contribution in [0.4, 0.5) is 0 Å². The first-order valence-corrected chi connectivity index (χ1v) is 11.0.